The Morgan fingerprint density at radius 1 is 1.04 bits per heavy atom. The first-order chi connectivity index (χ1) is 12.8. The highest BCUT2D eigenvalue weighted by Crippen LogP contribution is 2.34. The fourth-order valence-electron chi connectivity index (χ4n) is 1.94. The molecule has 150 valence electrons. The highest BCUT2D eigenvalue weighted by atomic mass is 32.2. The van der Waals surface area contributed by atoms with E-state index in [9.17, 15) is 45.3 Å². The van der Waals surface area contributed by atoms with E-state index < -0.39 is 72.7 Å². The highest BCUT2D eigenvalue weighted by molar-refractivity contribution is 7.89. The maximum Gasteiger partial charge on any atom is 0.282 e. The second-order valence-electron chi connectivity index (χ2n) is 5.14. The van der Waals surface area contributed by atoms with Crippen LogP contribution in [0.25, 0.3) is 0 Å². The molecule has 28 heavy (non-hydrogen) atoms. The van der Waals surface area contributed by atoms with Crippen LogP contribution in [0, 0.1) is 39.2 Å². The minimum Gasteiger partial charge on any atom is -0.451 e. The number of nitro groups is 1. The van der Waals surface area contributed by atoms with Gasteiger partial charge in [-0.25, -0.2) is 26.3 Å². The molecule has 0 aromatic heterocycles. The second kappa shape index (κ2) is 7.38. The summed E-state index contributed by atoms with van der Waals surface area (Å²) in [5.41, 5.74) is -1.82. The van der Waals surface area contributed by atoms with Crippen molar-refractivity contribution in [3.8, 4) is 11.5 Å². The van der Waals surface area contributed by atoms with E-state index in [1.54, 1.807) is 0 Å². The summed E-state index contributed by atoms with van der Waals surface area (Å²) in [6.45, 7) is 0. The molecule has 0 saturated carbocycles. The summed E-state index contributed by atoms with van der Waals surface area (Å²) in [5.74, 6) is -15.6. The van der Waals surface area contributed by atoms with Crippen molar-refractivity contribution in [2.75, 3.05) is 6.26 Å². The van der Waals surface area contributed by atoms with Gasteiger partial charge in [-0.15, -0.1) is 0 Å². The van der Waals surface area contributed by atoms with Crippen molar-refractivity contribution in [1.29, 1.82) is 0 Å². The lowest BCUT2D eigenvalue weighted by molar-refractivity contribution is -0.385. The number of carbonyl (C=O) groups is 1. The van der Waals surface area contributed by atoms with Crippen LogP contribution in [0.5, 0.6) is 11.5 Å². The normalized spacial score (nSPS) is 11.2. The minimum atomic E-state index is -4.14. The van der Waals surface area contributed by atoms with Gasteiger partial charge in [0.1, 0.15) is 11.3 Å². The number of halogens is 5. The second-order valence-corrected chi connectivity index (χ2v) is 6.89. The number of rotatable bonds is 5. The van der Waals surface area contributed by atoms with Crippen molar-refractivity contribution in [3.05, 3.63) is 63.0 Å². The van der Waals surface area contributed by atoms with Gasteiger partial charge in [0.2, 0.25) is 44.9 Å². The van der Waals surface area contributed by atoms with Crippen LogP contribution in [0.3, 0.4) is 0 Å². The average molecular weight is 426 g/mol. The number of benzene rings is 2. The van der Waals surface area contributed by atoms with Crippen molar-refractivity contribution in [1.82, 2.24) is 4.72 Å². The number of hydrogen-bond donors (Lipinski definition) is 1. The molecule has 8 nitrogen and oxygen atoms in total. The van der Waals surface area contributed by atoms with Gasteiger partial charge in [-0.05, 0) is 6.07 Å². The monoisotopic (exact) mass is 426 g/mol. The standard InChI is InChI=1S/C14H7F5N2O6S/c1-28(25,26)20-14(22)6-4-5(2-3-7(6)21(23)24)27-13-11(18)9(16)8(15)10(17)12(13)19/h2-4H,1H3,(H,20,22). The summed E-state index contributed by atoms with van der Waals surface area (Å²) in [5, 5.41) is 11.0. The summed E-state index contributed by atoms with van der Waals surface area (Å²) < 4.78 is 95.0. The number of sulfonamides is 1. The number of carbonyl (C=O) groups excluding carboxylic acids is 1. The Bertz CT molecular complexity index is 1080. The number of nitrogens with one attached hydrogen (secondary N) is 1. The average Bonchev–Trinajstić information content (AvgIpc) is 2.60. The van der Waals surface area contributed by atoms with Crippen LogP contribution in [0.4, 0.5) is 27.6 Å². The van der Waals surface area contributed by atoms with Crippen LogP contribution in [0.2, 0.25) is 0 Å². The number of nitro benzene ring substituents is 1. The van der Waals surface area contributed by atoms with E-state index in [2.05, 4.69) is 4.74 Å². The van der Waals surface area contributed by atoms with Gasteiger partial charge < -0.3 is 4.74 Å². The third-order valence-corrected chi connectivity index (χ3v) is 3.63. The molecule has 0 bridgehead atoms. The maximum atomic E-state index is 13.7. The molecule has 0 aliphatic carbocycles. The molecule has 2 rings (SSSR count). The summed E-state index contributed by atoms with van der Waals surface area (Å²) in [7, 11) is -4.14. The molecule has 0 radical (unpaired) electrons. The number of nitrogens with zero attached hydrogens (tertiary/aromatic N) is 1. The molecule has 0 spiro atoms. The highest BCUT2D eigenvalue weighted by Gasteiger charge is 2.29. The molecular weight excluding hydrogens is 419 g/mol. The summed E-state index contributed by atoms with van der Waals surface area (Å²) >= 11 is 0. The van der Waals surface area contributed by atoms with E-state index >= 15 is 0 Å². The zero-order chi connectivity index (χ0) is 21.4. The van der Waals surface area contributed by atoms with Crippen molar-refractivity contribution >= 4 is 21.6 Å². The quantitative estimate of drug-likeness (QED) is 0.259. The molecule has 1 N–H and O–H groups in total. The van der Waals surface area contributed by atoms with Crippen molar-refractivity contribution < 1.29 is 44.8 Å². The van der Waals surface area contributed by atoms with Gasteiger partial charge in [0.15, 0.2) is 0 Å². The van der Waals surface area contributed by atoms with Crippen LogP contribution in [-0.4, -0.2) is 25.5 Å². The molecule has 0 atom stereocenters. The summed E-state index contributed by atoms with van der Waals surface area (Å²) in [4.78, 5) is 21.8. The zero-order valence-electron chi connectivity index (χ0n) is 13.4. The Balaban J connectivity index is 2.57. The Labute approximate surface area is 152 Å². The van der Waals surface area contributed by atoms with Crippen LogP contribution >= 0.6 is 0 Å². The predicted octanol–water partition coefficient (Wildman–Crippen LogP) is 2.77. The van der Waals surface area contributed by atoms with Crippen LogP contribution < -0.4 is 9.46 Å². The Morgan fingerprint density at radius 3 is 2.00 bits per heavy atom. The van der Waals surface area contributed by atoms with E-state index in [1.807, 2.05) is 0 Å². The SMILES string of the molecule is CS(=O)(=O)NC(=O)c1cc(Oc2c(F)c(F)c(F)c(F)c2F)ccc1[N+](=O)[O-]. The Morgan fingerprint density at radius 2 is 1.54 bits per heavy atom. The van der Waals surface area contributed by atoms with Gasteiger partial charge >= 0.3 is 0 Å². The predicted molar refractivity (Wildman–Crippen MR) is 81.7 cm³/mol. The molecule has 0 aliphatic heterocycles. The molecule has 0 unspecified atom stereocenters. The smallest absolute Gasteiger partial charge is 0.282 e. The van der Waals surface area contributed by atoms with Crippen LogP contribution in [-0.2, 0) is 10.0 Å². The Hall–Kier alpha value is -3.29. The van der Waals surface area contributed by atoms with Crippen molar-refractivity contribution in [2.45, 2.75) is 0 Å². The van der Waals surface area contributed by atoms with E-state index in [0.717, 1.165) is 0 Å². The van der Waals surface area contributed by atoms with Gasteiger partial charge in [0.05, 0.1) is 11.2 Å². The molecule has 0 saturated heterocycles. The lowest BCUT2D eigenvalue weighted by atomic mass is 10.1. The minimum absolute atomic E-state index is 0.497. The van der Waals surface area contributed by atoms with E-state index in [0.29, 0.717) is 24.5 Å². The third-order valence-electron chi connectivity index (χ3n) is 3.08. The van der Waals surface area contributed by atoms with Crippen LogP contribution in [0.15, 0.2) is 18.2 Å². The molecule has 1 amide bonds. The fourth-order valence-corrected chi connectivity index (χ4v) is 2.38. The summed E-state index contributed by atoms with van der Waals surface area (Å²) in [6.07, 6.45) is 0.575. The fraction of sp³-hybridized carbons (Fsp3) is 0.0714. The molecule has 0 fully saturated rings. The van der Waals surface area contributed by atoms with E-state index in [-0.39, 0.29) is 0 Å². The molecule has 0 aliphatic rings. The Kier molecular flexibility index (Phi) is 5.54. The first-order valence-electron chi connectivity index (χ1n) is 6.83. The van der Waals surface area contributed by atoms with Gasteiger partial charge in [-0.1, -0.05) is 0 Å². The number of hydrogen-bond acceptors (Lipinski definition) is 6. The van der Waals surface area contributed by atoms with Crippen molar-refractivity contribution in [2.24, 2.45) is 0 Å². The molecule has 14 heteroatoms. The van der Waals surface area contributed by atoms with Gasteiger partial charge in [-0.3, -0.25) is 14.9 Å². The van der Waals surface area contributed by atoms with E-state index in [1.165, 1.54) is 4.72 Å². The number of amides is 1. The van der Waals surface area contributed by atoms with Gasteiger partial charge in [0, 0.05) is 12.1 Å². The first-order valence-corrected chi connectivity index (χ1v) is 8.72. The maximum absolute atomic E-state index is 13.7. The number of ether oxygens (including phenoxy) is 1. The topological polar surface area (TPSA) is 116 Å². The lowest BCUT2D eigenvalue weighted by Gasteiger charge is -2.11. The molecule has 2 aromatic carbocycles. The van der Waals surface area contributed by atoms with Gasteiger partial charge in [0.25, 0.3) is 11.6 Å². The first kappa shape index (κ1) is 21.0. The largest absolute Gasteiger partial charge is 0.451 e. The lowest BCUT2D eigenvalue weighted by Crippen LogP contribution is -2.29. The molecular formula is C14H7F5N2O6S. The van der Waals surface area contributed by atoms with Crippen LogP contribution in [0.1, 0.15) is 10.4 Å². The summed E-state index contributed by atoms with van der Waals surface area (Å²) in [6, 6.07) is 1.81. The molecule has 2 aromatic rings. The van der Waals surface area contributed by atoms with Gasteiger partial charge in [-0.2, -0.15) is 8.78 Å². The van der Waals surface area contributed by atoms with Crippen molar-refractivity contribution in [3.63, 3.8) is 0 Å². The van der Waals surface area contributed by atoms with E-state index in [4.69, 9.17) is 0 Å². The zero-order valence-corrected chi connectivity index (χ0v) is 14.2. The molecule has 0 heterocycles. The third kappa shape index (κ3) is 4.16.